The standard InChI is InChI=1S/C57H69N15O3/c73-55(10-7-31-67-25-1-2-26-67)58-49-19-13-46(14-20-49)52-40-70(64-61-52)37-43-34-44(38-71-41-53(62-65-71)47-15-21-50(22-16-47)59-56(74)11-8-32-68-27-3-4-28-68)36-45(35-43)39-72-42-54(63-66-72)48-17-23-51(24-18-48)60-57(75)12-9-33-69-29-5-6-30-69/h13-24,34-36,40-42H,1-12,25-33,37-39H2,(H,58,73)(H,59,74)(H,60,75). The van der Waals surface area contributed by atoms with Crippen molar-refractivity contribution in [3.8, 4) is 33.8 Å². The van der Waals surface area contributed by atoms with E-state index in [0.29, 0.717) is 38.9 Å². The summed E-state index contributed by atoms with van der Waals surface area (Å²) < 4.78 is 5.49. The van der Waals surface area contributed by atoms with E-state index in [4.69, 9.17) is 0 Å². The minimum absolute atomic E-state index is 0.0286. The molecule has 0 bridgehead atoms. The first-order valence-electron chi connectivity index (χ1n) is 27.0. The number of nitrogens with zero attached hydrogens (tertiary/aromatic N) is 12. The van der Waals surface area contributed by atoms with Crippen molar-refractivity contribution in [3.63, 3.8) is 0 Å². The van der Waals surface area contributed by atoms with Crippen LogP contribution in [0.5, 0.6) is 0 Å². The lowest BCUT2D eigenvalue weighted by atomic mass is 10.0. The quantitative estimate of drug-likeness (QED) is 0.0529. The zero-order valence-electron chi connectivity index (χ0n) is 43.0. The Kier molecular flexibility index (Phi) is 17.2. The molecule has 0 saturated carbocycles. The Labute approximate surface area is 438 Å². The Morgan fingerprint density at radius 3 is 0.920 bits per heavy atom. The van der Waals surface area contributed by atoms with E-state index in [1.807, 2.05) is 105 Å². The molecule has 4 aromatic carbocycles. The summed E-state index contributed by atoms with van der Waals surface area (Å²) in [5.41, 5.74) is 10.2. The van der Waals surface area contributed by atoms with E-state index in [-0.39, 0.29) is 17.7 Å². The fourth-order valence-corrected chi connectivity index (χ4v) is 10.5. The lowest BCUT2D eigenvalue weighted by Crippen LogP contribution is -2.22. The number of carbonyl (C=O) groups excluding carboxylic acids is 3. The second kappa shape index (κ2) is 25.2. The third-order valence-corrected chi connectivity index (χ3v) is 14.4. The number of rotatable bonds is 24. The number of benzene rings is 4. The molecule has 0 atom stereocenters. The number of nitrogens with one attached hydrogen (secondary N) is 3. The molecule has 3 aliphatic heterocycles. The van der Waals surface area contributed by atoms with Gasteiger partial charge in [-0.3, -0.25) is 14.4 Å². The number of anilines is 3. The van der Waals surface area contributed by atoms with Gasteiger partial charge in [-0.05, 0) is 170 Å². The van der Waals surface area contributed by atoms with E-state index in [1.165, 1.54) is 38.5 Å². The predicted octanol–water partition coefficient (Wildman–Crippen LogP) is 8.05. The number of likely N-dealkylation sites (tertiary alicyclic amines) is 3. The van der Waals surface area contributed by atoms with Crippen molar-refractivity contribution >= 4 is 34.8 Å². The lowest BCUT2D eigenvalue weighted by Gasteiger charge is -2.13. The summed E-state index contributed by atoms with van der Waals surface area (Å²) in [6, 6.07) is 29.7. The third kappa shape index (κ3) is 14.9. The fraction of sp³-hybridized carbons (Fsp3) is 0.421. The van der Waals surface area contributed by atoms with E-state index in [2.05, 4.69) is 79.8 Å². The van der Waals surface area contributed by atoms with E-state index >= 15 is 0 Å². The lowest BCUT2D eigenvalue weighted by molar-refractivity contribution is -0.117. The van der Waals surface area contributed by atoms with Crippen LogP contribution in [-0.2, 0) is 34.0 Å². The first-order valence-corrected chi connectivity index (χ1v) is 27.0. The van der Waals surface area contributed by atoms with Crippen molar-refractivity contribution in [3.05, 3.63) is 126 Å². The summed E-state index contributed by atoms with van der Waals surface area (Å²) in [6.45, 7) is 11.1. The summed E-state index contributed by atoms with van der Waals surface area (Å²) in [5.74, 6) is 0.0857. The molecule has 390 valence electrons. The van der Waals surface area contributed by atoms with Crippen LogP contribution in [0.2, 0.25) is 0 Å². The van der Waals surface area contributed by atoms with Crippen LogP contribution < -0.4 is 16.0 Å². The smallest absolute Gasteiger partial charge is 0.224 e. The molecular weight excluding hydrogens is 943 g/mol. The largest absolute Gasteiger partial charge is 0.326 e. The molecule has 0 aliphatic carbocycles. The van der Waals surface area contributed by atoms with Crippen LogP contribution in [-0.4, -0.2) is 136 Å². The van der Waals surface area contributed by atoms with Gasteiger partial charge < -0.3 is 30.7 Å². The highest BCUT2D eigenvalue weighted by atomic mass is 16.2. The van der Waals surface area contributed by atoms with Gasteiger partial charge in [-0.15, -0.1) is 15.3 Å². The van der Waals surface area contributed by atoms with Gasteiger partial charge in [0.05, 0.1) is 38.2 Å². The van der Waals surface area contributed by atoms with Gasteiger partial charge in [0, 0.05) is 53.0 Å². The molecule has 3 amide bonds. The van der Waals surface area contributed by atoms with Crippen molar-refractivity contribution < 1.29 is 14.4 Å². The second-order valence-electron chi connectivity index (χ2n) is 20.4. The van der Waals surface area contributed by atoms with E-state index in [9.17, 15) is 14.4 Å². The topological polar surface area (TPSA) is 189 Å². The highest BCUT2D eigenvalue weighted by molar-refractivity contribution is 5.92. The summed E-state index contributed by atoms with van der Waals surface area (Å²) in [7, 11) is 0. The third-order valence-electron chi connectivity index (χ3n) is 14.4. The summed E-state index contributed by atoms with van der Waals surface area (Å²) in [4.78, 5) is 45.3. The zero-order valence-corrected chi connectivity index (χ0v) is 43.0. The zero-order chi connectivity index (χ0) is 51.2. The van der Waals surface area contributed by atoms with Crippen LogP contribution in [0.4, 0.5) is 17.1 Å². The molecule has 18 heteroatoms. The number of carbonyl (C=O) groups is 3. The molecule has 6 heterocycles. The highest BCUT2D eigenvalue weighted by Crippen LogP contribution is 2.25. The summed E-state index contributed by atoms with van der Waals surface area (Å²) >= 11 is 0. The van der Waals surface area contributed by atoms with Crippen LogP contribution in [0.3, 0.4) is 0 Å². The Balaban J connectivity index is 0.790. The molecule has 7 aromatic rings. The summed E-state index contributed by atoms with van der Waals surface area (Å²) in [5, 5.41) is 36.2. The average molecular weight is 1010 g/mol. The second-order valence-corrected chi connectivity index (χ2v) is 20.4. The Morgan fingerprint density at radius 1 is 0.387 bits per heavy atom. The average Bonchev–Trinajstić information content (AvgIpc) is 4.28. The van der Waals surface area contributed by atoms with E-state index in [1.54, 1.807) is 0 Å². The first-order chi connectivity index (χ1) is 36.8. The van der Waals surface area contributed by atoms with Gasteiger partial charge in [0.25, 0.3) is 0 Å². The van der Waals surface area contributed by atoms with Gasteiger partial charge in [0.2, 0.25) is 17.7 Å². The fourth-order valence-electron chi connectivity index (χ4n) is 10.5. The minimum atomic E-state index is 0.0286. The normalized spacial score (nSPS) is 15.2. The van der Waals surface area contributed by atoms with Crippen LogP contribution in [0, 0.1) is 0 Å². The maximum absolute atomic E-state index is 12.7. The maximum atomic E-state index is 12.7. The van der Waals surface area contributed by atoms with Gasteiger partial charge in [-0.1, -0.05) is 70.2 Å². The van der Waals surface area contributed by atoms with Gasteiger partial charge in [-0.2, -0.15) is 0 Å². The van der Waals surface area contributed by atoms with Crippen LogP contribution in [0.1, 0.15) is 93.7 Å². The number of hydrogen-bond donors (Lipinski definition) is 3. The van der Waals surface area contributed by atoms with Crippen molar-refractivity contribution in [1.29, 1.82) is 0 Å². The Hall–Kier alpha value is -7.41. The Bertz CT molecular complexity index is 2630. The molecule has 0 radical (unpaired) electrons. The van der Waals surface area contributed by atoms with Crippen molar-refractivity contribution in [2.24, 2.45) is 0 Å². The van der Waals surface area contributed by atoms with Crippen LogP contribution in [0.25, 0.3) is 33.8 Å². The SMILES string of the molecule is O=C(CCCN1CCCC1)Nc1ccc(-c2cn(Cc3cc(Cn4cc(-c5ccc(NC(=O)CCCN6CCCC6)cc5)nn4)cc(Cn4cc(-c5ccc(NC(=O)CCCN6CCCC6)cc5)nn4)c3)nn2)cc1. The molecule has 3 fully saturated rings. The molecule has 18 nitrogen and oxygen atoms in total. The maximum Gasteiger partial charge on any atom is 0.224 e. The molecule has 0 unspecified atom stereocenters. The number of amides is 3. The van der Waals surface area contributed by atoms with Gasteiger partial charge in [0.1, 0.15) is 17.1 Å². The minimum Gasteiger partial charge on any atom is -0.326 e. The van der Waals surface area contributed by atoms with Gasteiger partial charge in [-0.25, -0.2) is 14.0 Å². The number of aromatic nitrogens is 9. The molecule has 3 saturated heterocycles. The molecular formula is C57H69N15O3. The van der Waals surface area contributed by atoms with Crippen LogP contribution in [0.15, 0.2) is 110 Å². The molecule has 10 rings (SSSR count). The molecule has 0 spiro atoms. The van der Waals surface area contributed by atoms with Gasteiger partial charge in [0.15, 0.2) is 0 Å². The van der Waals surface area contributed by atoms with Crippen LogP contribution >= 0.6 is 0 Å². The van der Waals surface area contributed by atoms with Gasteiger partial charge >= 0.3 is 0 Å². The molecule has 3 aliphatic rings. The van der Waals surface area contributed by atoms with E-state index < -0.39 is 0 Å². The van der Waals surface area contributed by atoms with E-state index in [0.717, 1.165) is 146 Å². The monoisotopic (exact) mass is 1010 g/mol. The highest BCUT2D eigenvalue weighted by Gasteiger charge is 2.17. The van der Waals surface area contributed by atoms with Crippen molar-refractivity contribution in [2.75, 3.05) is 74.9 Å². The Morgan fingerprint density at radius 2 is 0.653 bits per heavy atom. The molecule has 3 N–H and O–H groups in total. The number of hydrogen-bond acceptors (Lipinski definition) is 12. The molecule has 3 aromatic heterocycles. The van der Waals surface area contributed by atoms with Crippen molar-refractivity contribution in [1.82, 2.24) is 59.7 Å². The van der Waals surface area contributed by atoms with Crippen molar-refractivity contribution in [2.45, 2.75) is 96.7 Å². The first kappa shape index (κ1) is 51.1. The summed E-state index contributed by atoms with van der Waals surface area (Å²) in [6.07, 6.45) is 17.4. The molecule has 75 heavy (non-hydrogen) atoms. The predicted molar refractivity (Wildman–Crippen MR) is 291 cm³/mol.